The van der Waals surface area contributed by atoms with Crippen LogP contribution in [0.2, 0.25) is 0 Å². The molecule has 1 N–H and O–H groups in total. The summed E-state index contributed by atoms with van der Waals surface area (Å²) in [6.45, 7) is 0.243. The number of pyridine rings is 1. The molecule has 2 aliphatic rings. The summed E-state index contributed by atoms with van der Waals surface area (Å²) in [6, 6.07) is 8.47. The monoisotopic (exact) mass is 532 g/mol. The summed E-state index contributed by atoms with van der Waals surface area (Å²) in [5.74, 6) is -1.05. The molecule has 0 spiro atoms. The molecule has 3 aromatic rings. The lowest BCUT2D eigenvalue weighted by molar-refractivity contribution is -0.0886. The van der Waals surface area contributed by atoms with Gasteiger partial charge >= 0.3 is 6.18 Å². The van der Waals surface area contributed by atoms with Crippen LogP contribution in [0.15, 0.2) is 77.6 Å². The third-order valence-electron chi connectivity index (χ3n) is 6.31. The lowest BCUT2D eigenvalue weighted by atomic mass is 9.73. The molecule has 3 heterocycles. The first kappa shape index (κ1) is 24.9. The molecule has 0 saturated carbocycles. The van der Waals surface area contributed by atoms with E-state index in [9.17, 15) is 26.0 Å². The third kappa shape index (κ3) is 5.19. The van der Waals surface area contributed by atoms with Gasteiger partial charge in [-0.3, -0.25) is 4.98 Å². The van der Waals surface area contributed by atoms with Crippen molar-refractivity contribution in [1.82, 2.24) is 15.0 Å². The maximum atomic E-state index is 13.5. The Labute approximate surface area is 210 Å². The number of rotatable bonds is 5. The zero-order valence-electron chi connectivity index (χ0n) is 19.1. The highest BCUT2D eigenvalue weighted by Gasteiger charge is 2.39. The van der Waals surface area contributed by atoms with Gasteiger partial charge in [0, 0.05) is 18.5 Å². The standard InChI is InChI=1S/C25H20F4N4O3S/c26-16-3-7-22(32-14-16)21-12-15(25(27,28)29)2-5-18(21)19-8-11-36-23-13-17(4-6-20(19)23)37(34,35)33-24-30-9-1-10-31-24/h1-4,6-7,9-10,12-14,18-19H,5,8,11H2,(H,30,31,33)/t18?,19-/m0/s1. The van der Waals surface area contributed by atoms with Crippen molar-refractivity contribution >= 4 is 21.5 Å². The van der Waals surface area contributed by atoms with Crippen molar-refractivity contribution in [1.29, 1.82) is 0 Å². The number of sulfonamides is 1. The number of benzene rings is 1. The van der Waals surface area contributed by atoms with Gasteiger partial charge in [-0.05, 0) is 66.2 Å². The van der Waals surface area contributed by atoms with E-state index >= 15 is 0 Å². The van der Waals surface area contributed by atoms with Gasteiger partial charge < -0.3 is 4.74 Å². The Kier molecular flexibility index (Phi) is 6.44. The summed E-state index contributed by atoms with van der Waals surface area (Å²) < 4.78 is 87.9. The number of hydrogen-bond donors (Lipinski definition) is 1. The predicted octanol–water partition coefficient (Wildman–Crippen LogP) is 5.27. The highest BCUT2D eigenvalue weighted by molar-refractivity contribution is 7.92. The van der Waals surface area contributed by atoms with Crippen LogP contribution in [-0.4, -0.2) is 36.2 Å². The van der Waals surface area contributed by atoms with E-state index in [1.165, 1.54) is 30.6 Å². The van der Waals surface area contributed by atoms with E-state index in [0.717, 1.165) is 24.4 Å². The Morgan fingerprint density at radius 2 is 1.81 bits per heavy atom. The predicted molar refractivity (Wildman–Crippen MR) is 127 cm³/mol. The van der Waals surface area contributed by atoms with E-state index in [0.29, 0.717) is 23.3 Å². The Morgan fingerprint density at radius 1 is 1.03 bits per heavy atom. The Bertz CT molecular complexity index is 1470. The average Bonchev–Trinajstić information content (AvgIpc) is 2.88. The lowest BCUT2D eigenvalue weighted by Gasteiger charge is -2.35. The highest BCUT2D eigenvalue weighted by atomic mass is 32.2. The van der Waals surface area contributed by atoms with Crippen LogP contribution in [0, 0.1) is 11.7 Å². The number of aromatic nitrogens is 3. The van der Waals surface area contributed by atoms with Crippen molar-refractivity contribution < 1.29 is 30.7 Å². The number of ether oxygens (including phenoxy) is 1. The summed E-state index contributed by atoms with van der Waals surface area (Å²) in [7, 11) is -4.02. The fraction of sp³-hybridized carbons (Fsp3) is 0.240. The number of nitrogens with one attached hydrogen (secondary N) is 1. The van der Waals surface area contributed by atoms with Gasteiger partial charge in [0.15, 0.2) is 0 Å². The number of fused-ring (bicyclic) bond motifs is 1. The first-order valence-corrected chi connectivity index (χ1v) is 12.8. The van der Waals surface area contributed by atoms with Gasteiger partial charge in [-0.25, -0.2) is 27.5 Å². The first-order valence-electron chi connectivity index (χ1n) is 11.3. The second-order valence-electron chi connectivity index (χ2n) is 8.58. The minimum Gasteiger partial charge on any atom is -0.493 e. The molecule has 2 aromatic heterocycles. The fourth-order valence-corrected chi connectivity index (χ4v) is 5.59. The van der Waals surface area contributed by atoms with Crippen molar-refractivity contribution in [2.75, 3.05) is 11.3 Å². The molecule has 0 bridgehead atoms. The first-order chi connectivity index (χ1) is 17.6. The molecule has 7 nitrogen and oxygen atoms in total. The number of nitrogens with zero attached hydrogens (tertiary/aromatic N) is 3. The molecular formula is C25H20F4N4O3S. The van der Waals surface area contributed by atoms with Crippen LogP contribution < -0.4 is 9.46 Å². The topological polar surface area (TPSA) is 94.1 Å². The molecule has 2 atom stereocenters. The van der Waals surface area contributed by atoms with E-state index in [1.54, 1.807) is 12.1 Å². The molecule has 1 aromatic carbocycles. The summed E-state index contributed by atoms with van der Waals surface area (Å²) in [5, 5.41) is 0. The van der Waals surface area contributed by atoms with Gasteiger partial charge in [0.05, 0.1) is 29.0 Å². The molecular weight excluding hydrogens is 512 g/mol. The zero-order valence-corrected chi connectivity index (χ0v) is 19.9. The SMILES string of the molecule is O=S(=O)(Nc1ncccn1)c1ccc2c(c1)OCC[C@H]2C1CC=C(C(F)(F)F)C=C1c1ccc(F)cn1. The minimum absolute atomic E-state index is 0.0711. The van der Waals surface area contributed by atoms with Crippen LogP contribution in [0.1, 0.15) is 30.0 Å². The normalized spacial score (nSPS) is 19.8. The zero-order chi connectivity index (χ0) is 26.2. The van der Waals surface area contributed by atoms with Gasteiger partial charge in [0.1, 0.15) is 11.6 Å². The largest absolute Gasteiger partial charge is 0.493 e. The maximum Gasteiger partial charge on any atom is 0.416 e. The highest BCUT2D eigenvalue weighted by Crippen LogP contribution is 2.48. The second kappa shape index (κ2) is 9.58. The molecule has 12 heteroatoms. The molecule has 0 amide bonds. The quantitative estimate of drug-likeness (QED) is 0.450. The van der Waals surface area contributed by atoms with E-state index in [1.807, 2.05) is 0 Å². The lowest BCUT2D eigenvalue weighted by Crippen LogP contribution is -2.25. The third-order valence-corrected chi connectivity index (χ3v) is 7.64. The molecule has 0 fully saturated rings. The molecule has 192 valence electrons. The van der Waals surface area contributed by atoms with Crippen LogP contribution in [-0.2, 0) is 10.0 Å². The van der Waals surface area contributed by atoms with Crippen molar-refractivity contribution in [2.24, 2.45) is 5.92 Å². The summed E-state index contributed by atoms with van der Waals surface area (Å²) in [6.07, 6.45) is 2.01. The van der Waals surface area contributed by atoms with E-state index in [4.69, 9.17) is 4.74 Å². The minimum atomic E-state index is -4.54. The van der Waals surface area contributed by atoms with Gasteiger partial charge in [0.2, 0.25) is 5.95 Å². The van der Waals surface area contributed by atoms with E-state index < -0.39 is 33.5 Å². The van der Waals surface area contributed by atoms with E-state index in [2.05, 4.69) is 19.7 Å². The Hall–Kier alpha value is -3.80. The molecule has 1 unspecified atom stereocenters. The molecule has 37 heavy (non-hydrogen) atoms. The van der Waals surface area contributed by atoms with Crippen molar-refractivity contribution in [2.45, 2.75) is 29.8 Å². The second-order valence-corrected chi connectivity index (χ2v) is 10.3. The van der Waals surface area contributed by atoms with Gasteiger partial charge in [-0.1, -0.05) is 12.1 Å². The molecule has 0 saturated heterocycles. The molecule has 1 aliphatic heterocycles. The van der Waals surface area contributed by atoms with E-state index in [-0.39, 0.29) is 35.5 Å². The molecule has 5 rings (SSSR count). The number of alkyl halides is 3. The van der Waals surface area contributed by atoms with Crippen LogP contribution in [0.4, 0.5) is 23.5 Å². The number of hydrogen-bond acceptors (Lipinski definition) is 6. The summed E-state index contributed by atoms with van der Waals surface area (Å²) in [5.41, 5.74) is 0.476. The average molecular weight is 533 g/mol. The van der Waals surface area contributed by atoms with Crippen molar-refractivity contribution in [3.05, 3.63) is 89.8 Å². The fourth-order valence-electron chi connectivity index (χ4n) is 4.62. The molecule has 0 radical (unpaired) electrons. The Morgan fingerprint density at radius 3 is 2.51 bits per heavy atom. The van der Waals surface area contributed by atoms with Crippen LogP contribution in [0.25, 0.3) is 5.57 Å². The van der Waals surface area contributed by atoms with Gasteiger partial charge in [-0.2, -0.15) is 13.2 Å². The smallest absolute Gasteiger partial charge is 0.416 e. The number of allylic oxidation sites excluding steroid dienone is 4. The van der Waals surface area contributed by atoms with Crippen molar-refractivity contribution in [3.63, 3.8) is 0 Å². The number of anilines is 1. The van der Waals surface area contributed by atoms with Crippen LogP contribution in [0.3, 0.4) is 0 Å². The maximum absolute atomic E-state index is 13.5. The summed E-state index contributed by atoms with van der Waals surface area (Å²) in [4.78, 5) is 11.7. The van der Waals surface area contributed by atoms with Gasteiger partial charge in [0.25, 0.3) is 10.0 Å². The van der Waals surface area contributed by atoms with Crippen LogP contribution in [0.5, 0.6) is 5.75 Å². The Balaban J connectivity index is 1.49. The number of halogens is 4. The van der Waals surface area contributed by atoms with Gasteiger partial charge in [-0.15, -0.1) is 0 Å². The summed E-state index contributed by atoms with van der Waals surface area (Å²) >= 11 is 0. The van der Waals surface area contributed by atoms with Crippen molar-refractivity contribution in [3.8, 4) is 5.75 Å². The molecule has 1 aliphatic carbocycles. The van der Waals surface area contributed by atoms with Crippen LogP contribution >= 0.6 is 0 Å².